The Balaban J connectivity index is 1.53. The molecule has 1 heterocycles. The van der Waals surface area contributed by atoms with Crippen LogP contribution in [0.1, 0.15) is 5.76 Å². The molecule has 1 N–H and O–H groups in total. The van der Waals surface area contributed by atoms with Gasteiger partial charge in [0.05, 0.1) is 21.8 Å². The van der Waals surface area contributed by atoms with E-state index in [9.17, 15) is 23.3 Å². The summed E-state index contributed by atoms with van der Waals surface area (Å²) in [6.07, 6.45) is 1.23. The first-order valence-electron chi connectivity index (χ1n) is 10.8. The van der Waals surface area contributed by atoms with Crippen LogP contribution in [0.5, 0.6) is 0 Å². The number of nitrogens with zero attached hydrogens (tertiary/aromatic N) is 3. The fourth-order valence-corrected chi connectivity index (χ4v) is 5.53. The molecule has 0 bridgehead atoms. The zero-order valence-corrected chi connectivity index (χ0v) is 21.7. The van der Waals surface area contributed by atoms with Crippen LogP contribution in [0.25, 0.3) is 11.3 Å². The third-order valence-corrected chi connectivity index (χ3v) is 7.53. The van der Waals surface area contributed by atoms with Gasteiger partial charge in [-0.05, 0) is 48.5 Å². The molecule has 1 amide bonds. The number of nitro groups is 1. The van der Waals surface area contributed by atoms with Crippen LogP contribution >= 0.6 is 23.2 Å². The largest absolute Gasteiger partial charge is 0.455 e. The number of hydrogen-bond donors (Lipinski definition) is 1. The van der Waals surface area contributed by atoms with Crippen molar-refractivity contribution in [2.75, 3.05) is 10.8 Å². The maximum absolute atomic E-state index is 13.4. The van der Waals surface area contributed by atoms with Crippen LogP contribution in [0.2, 0.25) is 10.0 Å². The minimum atomic E-state index is -4.50. The summed E-state index contributed by atoms with van der Waals surface area (Å²) >= 11 is 12.1. The van der Waals surface area contributed by atoms with E-state index in [1.165, 1.54) is 30.5 Å². The van der Waals surface area contributed by atoms with Crippen molar-refractivity contribution in [2.45, 2.75) is 4.90 Å². The Morgan fingerprint density at radius 2 is 1.74 bits per heavy atom. The van der Waals surface area contributed by atoms with Gasteiger partial charge in [-0.15, -0.1) is 0 Å². The highest BCUT2D eigenvalue weighted by Crippen LogP contribution is 2.32. The molecular weight excluding hydrogens is 555 g/mol. The number of hydrazone groups is 1. The number of para-hydroxylation sites is 2. The maximum Gasteiger partial charge on any atom is 0.289 e. The van der Waals surface area contributed by atoms with Crippen molar-refractivity contribution >= 4 is 56.7 Å². The van der Waals surface area contributed by atoms with Gasteiger partial charge < -0.3 is 4.42 Å². The molecule has 0 unspecified atom stereocenters. The van der Waals surface area contributed by atoms with Gasteiger partial charge in [-0.3, -0.25) is 19.2 Å². The van der Waals surface area contributed by atoms with E-state index in [-0.39, 0.29) is 5.69 Å². The molecule has 0 aliphatic carbocycles. The molecule has 4 aromatic rings. The van der Waals surface area contributed by atoms with Crippen LogP contribution in [0.4, 0.5) is 11.4 Å². The van der Waals surface area contributed by atoms with E-state index in [0.29, 0.717) is 27.1 Å². The number of anilines is 1. The number of hydrogen-bond acceptors (Lipinski definition) is 7. The van der Waals surface area contributed by atoms with Gasteiger partial charge in [0, 0.05) is 16.7 Å². The molecule has 194 valence electrons. The van der Waals surface area contributed by atoms with E-state index < -0.39 is 38.0 Å². The lowest BCUT2D eigenvalue weighted by molar-refractivity contribution is -0.387. The van der Waals surface area contributed by atoms with E-state index in [4.69, 9.17) is 27.6 Å². The maximum atomic E-state index is 13.4. The van der Waals surface area contributed by atoms with Crippen molar-refractivity contribution in [3.63, 3.8) is 0 Å². The molecule has 1 aromatic heterocycles. The SMILES string of the molecule is O=C(CN(c1ccccc1)S(=O)(=O)c1ccccc1[N+](=O)[O-])NN=Cc1ccc(-c2ccc(Cl)cc2Cl)o1. The molecular formula is C25H18Cl2N4O6S. The fraction of sp³-hybridized carbons (Fsp3) is 0.0400. The Morgan fingerprint density at radius 1 is 1.03 bits per heavy atom. The van der Waals surface area contributed by atoms with Crippen LogP contribution < -0.4 is 9.73 Å². The highest BCUT2D eigenvalue weighted by molar-refractivity contribution is 7.93. The number of carbonyl (C=O) groups is 1. The molecule has 0 atom stereocenters. The molecule has 0 aliphatic heterocycles. The van der Waals surface area contributed by atoms with Crippen molar-refractivity contribution in [1.29, 1.82) is 0 Å². The zero-order chi connectivity index (χ0) is 27.3. The average Bonchev–Trinajstić information content (AvgIpc) is 3.36. The van der Waals surface area contributed by atoms with Gasteiger partial charge in [-0.25, -0.2) is 13.8 Å². The molecule has 0 fully saturated rings. The van der Waals surface area contributed by atoms with E-state index >= 15 is 0 Å². The highest BCUT2D eigenvalue weighted by atomic mass is 35.5. The molecule has 3 aromatic carbocycles. The summed E-state index contributed by atoms with van der Waals surface area (Å²) in [6, 6.07) is 20.9. The van der Waals surface area contributed by atoms with Crippen LogP contribution in [0.3, 0.4) is 0 Å². The summed E-state index contributed by atoms with van der Waals surface area (Å²) < 4.78 is 33.3. The summed E-state index contributed by atoms with van der Waals surface area (Å²) in [4.78, 5) is 22.8. The first-order valence-corrected chi connectivity index (χ1v) is 13.0. The summed E-state index contributed by atoms with van der Waals surface area (Å²) in [7, 11) is -4.50. The van der Waals surface area contributed by atoms with E-state index in [1.807, 2.05) is 0 Å². The quantitative estimate of drug-likeness (QED) is 0.159. The number of rotatable bonds is 9. The fourth-order valence-electron chi connectivity index (χ4n) is 3.44. The Morgan fingerprint density at radius 3 is 2.45 bits per heavy atom. The van der Waals surface area contributed by atoms with Crippen molar-refractivity contribution in [3.8, 4) is 11.3 Å². The van der Waals surface area contributed by atoms with Gasteiger partial charge >= 0.3 is 0 Å². The van der Waals surface area contributed by atoms with Gasteiger partial charge in [0.15, 0.2) is 4.90 Å². The Kier molecular flexibility index (Phi) is 8.10. The monoisotopic (exact) mass is 572 g/mol. The van der Waals surface area contributed by atoms with Crippen LogP contribution in [0.15, 0.2) is 99.3 Å². The average molecular weight is 573 g/mol. The normalized spacial score (nSPS) is 11.4. The Bertz CT molecular complexity index is 1620. The van der Waals surface area contributed by atoms with Gasteiger partial charge in [0.2, 0.25) is 0 Å². The topological polar surface area (TPSA) is 135 Å². The molecule has 0 saturated carbocycles. The predicted octanol–water partition coefficient (Wildman–Crippen LogP) is 5.51. The number of halogens is 2. The van der Waals surface area contributed by atoms with Gasteiger partial charge in [0.1, 0.15) is 18.1 Å². The molecule has 0 radical (unpaired) electrons. The van der Waals surface area contributed by atoms with Crippen molar-refractivity contribution in [1.82, 2.24) is 5.43 Å². The second kappa shape index (κ2) is 11.5. The number of furan rings is 1. The summed E-state index contributed by atoms with van der Waals surface area (Å²) in [5, 5.41) is 16.2. The smallest absolute Gasteiger partial charge is 0.289 e. The zero-order valence-electron chi connectivity index (χ0n) is 19.3. The molecule has 10 nitrogen and oxygen atoms in total. The van der Waals surface area contributed by atoms with Crippen LogP contribution in [-0.4, -0.2) is 32.0 Å². The second-order valence-corrected chi connectivity index (χ2v) is 10.4. The lowest BCUT2D eigenvalue weighted by atomic mass is 10.2. The first kappa shape index (κ1) is 26.9. The van der Waals surface area contributed by atoms with Crippen molar-refractivity contribution < 1.29 is 22.6 Å². The summed E-state index contributed by atoms with van der Waals surface area (Å²) in [6.45, 7) is -0.695. The molecule has 0 aliphatic rings. The van der Waals surface area contributed by atoms with Crippen LogP contribution in [0, 0.1) is 10.1 Å². The number of amides is 1. The number of nitro benzene ring substituents is 1. The Labute approximate surface area is 227 Å². The lowest BCUT2D eigenvalue weighted by Crippen LogP contribution is -2.39. The second-order valence-electron chi connectivity index (χ2n) is 7.69. The Hall–Kier alpha value is -4.19. The number of carbonyl (C=O) groups excluding carboxylic acids is 1. The number of sulfonamides is 1. The van der Waals surface area contributed by atoms with Gasteiger partial charge in [-0.1, -0.05) is 53.5 Å². The lowest BCUT2D eigenvalue weighted by Gasteiger charge is -2.23. The van der Waals surface area contributed by atoms with E-state index in [0.717, 1.165) is 16.4 Å². The molecule has 4 rings (SSSR count). The predicted molar refractivity (Wildman–Crippen MR) is 144 cm³/mol. The molecule has 38 heavy (non-hydrogen) atoms. The third-order valence-electron chi connectivity index (χ3n) is 5.17. The standard InChI is InChI=1S/C25H18Cl2N4O6S/c26-17-10-12-20(21(27)14-17)23-13-11-19(37-23)15-28-29-25(32)16-30(18-6-2-1-3-7-18)38(35,36)24-9-5-4-8-22(24)31(33)34/h1-15H,16H2,(H,29,32). The minimum Gasteiger partial charge on any atom is -0.455 e. The summed E-state index contributed by atoms with van der Waals surface area (Å²) in [5.74, 6) is -0.0520. The minimum absolute atomic E-state index is 0.139. The van der Waals surface area contributed by atoms with Crippen molar-refractivity contribution in [2.24, 2.45) is 5.10 Å². The van der Waals surface area contributed by atoms with E-state index in [1.54, 1.807) is 48.5 Å². The number of nitrogens with one attached hydrogen (secondary N) is 1. The van der Waals surface area contributed by atoms with Gasteiger partial charge in [0.25, 0.3) is 21.6 Å². The molecule has 0 saturated heterocycles. The first-order chi connectivity index (χ1) is 18.2. The van der Waals surface area contributed by atoms with Crippen molar-refractivity contribution in [3.05, 3.63) is 111 Å². The number of benzene rings is 3. The van der Waals surface area contributed by atoms with Crippen LogP contribution in [-0.2, 0) is 14.8 Å². The van der Waals surface area contributed by atoms with Gasteiger partial charge in [-0.2, -0.15) is 5.10 Å². The highest BCUT2D eigenvalue weighted by Gasteiger charge is 2.33. The third kappa shape index (κ3) is 6.02. The van der Waals surface area contributed by atoms with E-state index in [2.05, 4.69) is 10.5 Å². The summed E-state index contributed by atoms with van der Waals surface area (Å²) in [5.41, 5.74) is 2.39. The molecule has 13 heteroatoms. The molecule has 0 spiro atoms.